The van der Waals surface area contributed by atoms with Gasteiger partial charge in [0.15, 0.2) is 17.4 Å². The molecule has 0 amide bonds. The van der Waals surface area contributed by atoms with E-state index in [4.69, 9.17) is 10.5 Å². The van der Waals surface area contributed by atoms with Gasteiger partial charge in [-0.15, -0.1) is 0 Å². The molecule has 0 unspecified atom stereocenters. The molecule has 0 bridgehead atoms. The van der Waals surface area contributed by atoms with Gasteiger partial charge < -0.3 is 10.5 Å². The first-order valence-electron chi connectivity index (χ1n) is 6.42. The fourth-order valence-corrected chi connectivity index (χ4v) is 2.49. The van der Waals surface area contributed by atoms with Gasteiger partial charge in [0, 0.05) is 7.05 Å². The Morgan fingerprint density at radius 1 is 1.33 bits per heavy atom. The normalized spacial score (nSPS) is 11.0. The van der Waals surface area contributed by atoms with Crippen LogP contribution in [0.2, 0.25) is 0 Å². The van der Waals surface area contributed by atoms with Crippen LogP contribution in [-0.4, -0.2) is 16.3 Å². The first-order chi connectivity index (χ1) is 9.93. The van der Waals surface area contributed by atoms with Crippen molar-refractivity contribution in [2.24, 2.45) is 12.8 Å². The lowest BCUT2D eigenvalue weighted by molar-refractivity contribution is 0.264. The van der Waals surface area contributed by atoms with E-state index in [1.807, 2.05) is 6.92 Å². The second-order valence-electron chi connectivity index (χ2n) is 4.69. The zero-order valence-corrected chi connectivity index (χ0v) is 13.4. The summed E-state index contributed by atoms with van der Waals surface area (Å²) >= 11 is 3.38. The van der Waals surface area contributed by atoms with Crippen LogP contribution in [-0.2, 0) is 20.1 Å². The molecule has 0 atom stereocenters. The van der Waals surface area contributed by atoms with E-state index in [-0.39, 0.29) is 12.4 Å². The molecule has 1 aromatic heterocycles. The minimum absolute atomic E-state index is 0.0159. The van der Waals surface area contributed by atoms with E-state index in [0.29, 0.717) is 24.2 Å². The number of ether oxygens (including phenoxy) is 1. The van der Waals surface area contributed by atoms with Crippen LogP contribution in [0, 0.1) is 18.6 Å². The van der Waals surface area contributed by atoms with Gasteiger partial charge in [-0.2, -0.15) is 5.10 Å². The lowest BCUT2D eigenvalue weighted by Crippen LogP contribution is -2.07. The van der Waals surface area contributed by atoms with Gasteiger partial charge in [-0.25, -0.2) is 8.78 Å². The third-order valence-electron chi connectivity index (χ3n) is 3.11. The van der Waals surface area contributed by atoms with E-state index in [1.165, 1.54) is 12.1 Å². The maximum atomic E-state index is 13.9. The summed E-state index contributed by atoms with van der Waals surface area (Å²) in [7, 11) is 1.74. The maximum absolute atomic E-state index is 13.9. The number of benzene rings is 1. The minimum Gasteiger partial charge on any atom is -0.481 e. The highest BCUT2D eigenvalue weighted by atomic mass is 79.9. The van der Waals surface area contributed by atoms with Crippen molar-refractivity contribution in [3.8, 4) is 5.75 Å². The van der Waals surface area contributed by atoms with E-state index in [9.17, 15) is 8.78 Å². The molecule has 0 fully saturated rings. The largest absolute Gasteiger partial charge is 0.481 e. The number of hydrogen-bond acceptors (Lipinski definition) is 3. The SMILES string of the molecule is Cc1nn(C)c(COc2c(F)cc(CCN)cc2F)c1Br. The summed E-state index contributed by atoms with van der Waals surface area (Å²) in [5, 5.41) is 4.19. The smallest absolute Gasteiger partial charge is 0.191 e. The zero-order valence-electron chi connectivity index (χ0n) is 11.8. The fourth-order valence-electron chi connectivity index (χ4n) is 2.04. The molecule has 0 aliphatic heterocycles. The molecule has 0 saturated carbocycles. The Morgan fingerprint density at radius 3 is 2.43 bits per heavy atom. The standard InChI is InChI=1S/C14H16BrF2N3O/c1-8-13(15)12(20(2)19-8)7-21-14-10(16)5-9(3-4-18)6-11(14)17/h5-6H,3-4,7,18H2,1-2H3. The Bertz CT molecular complexity index is 635. The molecule has 1 aromatic carbocycles. The van der Waals surface area contributed by atoms with Crippen LogP contribution in [0.5, 0.6) is 5.75 Å². The third kappa shape index (κ3) is 3.41. The van der Waals surface area contributed by atoms with Crippen molar-refractivity contribution in [2.75, 3.05) is 6.54 Å². The predicted octanol–water partition coefficient (Wildman–Crippen LogP) is 2.85. The van der Waals surface area contributed by atoms with Crippen LogP contribution in [0.15, 0.2) is 16.6 Å². The van der Waals surface area contributed by atoms with Crippen molar-refractivity contribution in [1.82, 2.24) is 9.78 Å². The topological polar surface area (TPSA) is 53.1 Å². The molecule has 0 aliphatic rings. The number of aromatic nitrogens is 2. The van der Waals surface area contributed by atoms with Crippen molar-refractivity contribution in [3.05, 3.63) is 45.2 Å². The molecule has 0 aliphatic carbocycles. The van der Waals surface area contributed by atoms with Crippen LogP contribution < -0.4 is 10.5 Å². The van der Waals surface area contributed by atoms with Gasteiger partial charge in [-0.3, -0.25) is 4.68 Å². The van der Waals surface area contributed by atoms with Gasteiger partial charge in [-0.05, 0) is 53.5 Å². The van der Waals surface area contributed by atoms with E-state index in [1.54, 1.807) is 11.7 Å². The highest BCUT2D eigenvalue weighted by Crippen LogP contribution is 2.26. The predicted molar refractivity (Wildman–Crippen MR) is 79.1 cm³/mol. The summed E-state index contributed by atoms with van der Waals surface area (Å²) in [5.41, 5.74) is 7.38. The van der Waals surface area contributed by atoms with Gasteiger partial charge in [0.1, 0.15) is 6.61 Å². The number of nitrogens with two attached hydrogens (primary N) is 1. The molecule has 4 nitrogen and oxygen atoms in total. The minimum atomic E-state index is -0.728. The third-order valence-corrected chi connectivity index (χ3v) is 4.14. The van der Waals surface area contributed by atoms with Crippen molar-refractivity contribution >= 4 is 15.9 Å². The first kappa shape index (κ1) is 15.9. The van der Waals surface area contributed by atoms with Crippen LogP contribution >= 0.6 is 15.9 Å². The highest BCUT2D eigenvalue weighted by molar-refractivity contribution is 9.10. The molecule has 0 radical (unpaired) electrons. The molecule has 7 heteroatoms. The van der Waals surface area contributed by atoms with Crippen LogP contribution in [0.1, 0.15) is 17.0 Å². The van der Waals surface area contributed by atoms with E-state index in [0.717, 1.165) is 10.2 Å². The molecule has 2 rings (SSSR count). The molecule has 2 aromatic rings. The molecule has 0 spiro atoms. The van der Waals surface area contributed by atoms with Gasteiger partial charge >= 0.3 is 0 Å². The van der Waals surface area contributed by atoms with Crippen molar-refractivity contribution in [1.29, 1.82) is 0 Å². The summed E-state index contributed by atoms with van der Waals surface area (Å²) in [6.45, 7) is 2.18. The monoisotopic (exact) mass is 359 g/mol. The van der Waals surface area contributed by atoms with Crippen molar-refractivity contribution < 1.29 is 13.5 Å². The Labute approximate surface area is 130 Å². The number of halogens is 3. The van der Waals surface area contributed by atoms with Crippen molar-refractivity contribution in [3.63, 3.8) is 0 Å². The van der Waals surface area contributed by atoms with Gasteiger partial charge in [0.2, 0.25) is 0 Å². The van der Waals surface area contributed by atoms with Gasteiger partial charge in [0.05, 0.1) is 15.9 Å². The molecule has 21 heavy (non-hydrogen) atoms. The maximum Gasteiger partial charge on any atom is 0.191 e. The summed E-state index contributed by atoms with van der Waals surface area (Å²) < 4.78 is 35.5. The summed E-state index contributed by atoms with van der Waals surface area (Å²) in [5.74, 6) is -1.84. The molecule has 114 valence electrons. The molecule has 2 N–H and O–H groups in total. The van der Waals surface area contributed by atoms with Gasteiger partial charge in [-0.1, -0.05) is 0 Å². The quantitative estimate of drug-likeness (QED) is 0.892. The number of nitrogens with zero attached hydrogens (tertiary/aromatic N) is 2. The molecular weight excluding hydrogens is 344 g/mol. The molecular formula is C14H16BrF2N3O. The van der Waals surface area contributed by atoms with Gasteiger partial charge in [0.25, 0.3) is 0 Å². The summed E-state index contributed by atoms with van der Waals surface area (Å²) in [4.78, 5) is 0. The number of rotatable bonds is 5. The molecule has 1 heterocycles. The van der Waals surface area contributed by atoms with Crippen LogP contribution in [0.4, 0.5) is 8.78 Å². The van der Waals surface area contributed by atoms with E-state index in [2.05, 4.69) is 21.0 Å². The van der Waals surface area contributed by atoms with Crippen LogP contribution in [0.25, 0.3) is 0 Å². The average Bonchev–Trinajstić information content (AvgIpc) is 2.64. The van der Waals surface area contributed by atoms with Crippen LogP contribution in [0.3, 0.4) is 0 Å². The zero-order chi connectivity index (χ0) is 15.6. The number of hydrogen-bond donors (Lipinski definition) is 1. The number of aryl methyl sites for hydroxylation is 2. The Hall–Kier alpha value is -1.47. The Kier molecular flexibility index (Phi) is 4.95. The van der Waals surface area contributed by atoms with E-state index >= 15 is 0 Å². The fraction of sp³-hybridized carbons (Fsp3) is 0.357. The lowest BCUT2D eigenvalue weighted by atomic mass is 10.1. The second-order valence-corrected chi connectivity index (χ2v) is 5.48. The summed E-state index contributed by atoms with van der Waals surface area (Å²) in [6, 6.07) is 2.49. The summed E-state index contributed by atoms with van der Waals surface area (Å²) in [6.07, 6.45) is 0.417. The molecule has 0 saturated heterocycles. The first-order valence-corrected chi connectivity index (χ1v) is 7.22. The van der Waals surface area contributed by atoms with Crippen molar-refractivity contribution in [2.45, 2.75) is 20.0 Å². The Morgan fingerprint density at radius 2 is 1.95 bits per heavy atom. The lowest BCUT2D eigenvalue weighted by Gasteiger charge is -2.10. The highest BCUT2D eigenvalue weighted by Gasteiger charge is 2.16. The Balaban J connectivity index is 2.20. The second kappa shape index (κ2) is 6.53. The average molecular weight is 360 g/mol. The van der Waals surface area contributed by atoms with E-state index < -0.39 is 11.6 Å².